The molecule has 62 valence electrons. The lowest BCUT2D eigenvalue weighted by molar-refractivity contribution is 0.108. The highest BCUT2D eigenvalue weighted by molar-refractivity contribution is 4.60. The molecule has 0 spiro atoms. The van der Waals surface area contributed by atoms with E-state index in [1.54, 1.807) is 14.2 Å². The van der Waals surface area contributed by atoms with Crippen molar-refractivity contribution in [2.24, 2.45) is 0 Å². The fourth-order valence-electron chi connectivity index (χ4n) is 0.966. The molecule has 2 heteroatoms. The van der Waals surface area contributed by atoms with Crippen molar-refractivity contribution in [3.8, 4) is 0 Å². The van der Waals surface area contributed by atoms with Gasteiger partial charge in [0.2, 0.25) is 0 Å². The van der Waals surface area contributed by atoms with Gasteiger partial charge in [0.15, 0.2) is 0 Å². The standard InChI is InChI=1S/C6H12O.C2H6O/c1-2-6-4-3-5-7-6;1-3-2/h6H,2-5H2,1H3;1-2H3. The van der Waals surface area contributed by atoms with Gasteiger partial charge in [0, 0.05) is 20.8 Å². The Balaban J connectivity index is 0.000000236. The molecular formula is C8H18O2. The third kappa shape index (κ3) is 4.77. The minimum atomic E-state index is 0.597. The van der Waals surface area contributed by atoms with E-state index in [0.29, 0.717) is 6.10 Å². The zero-order chi connectivity index (χ0) is 7.82. The molecule has 0 aromatic rings. The Morgan fingerprint density at radius 2 is 2.10 bits per heavy atom. The monoisotopic (exact) mass is 146 g/mol. The van der Waals surface area contributed by atoms with Crippen LogP contribution in [0.5, 0.6) is 0 Å². The van der Waals surface area contributed by atoms with Gasteiger partial charge in [-0.2, -0.15) is 0 Å². The summed E-state index contributed by atoms with van der Waals surface area (Å²) in [4.78, 5) is 0. The van der Waals surface area contributed by atoms with E-state index >= 15 is 0 Å². The van der Waals surface area contributed by atoms with Crippen molar-refractivity contribution in [1.29, 1.82) is 0 Å². The second kappa shape index (κ2) is 7.03. The van der Waals surface area contributed by atoms with Crippen LogP contribution in [0.15, 0.2) is 0 Å². The van der Waals surface area contributed by atoms with Gasteiger partial charge in [0.05, 0.1) is 6.10 Å². The molecule has 1 aliphatic rings. The van der Waals surface area contributed by atoms with E-state index in [1.807, 2.05) is 0 Å². The molecule has 1 fully saturated rings. The minimum absolute atomic E-state index is 0.597. The van der Waals surface area contributed by atoms with Crippen LogP contribution in [0.25, 0.3) is 0 Å². The maximum absolute atomic E-state index is 5.30. The van der Waals surface area contributed by atoms with Gasteiger partial charge in [0.1, 0.15) is 0 Å². The molecule has 0 aromatic carbocycles. The molecule has 0 aromatic heterocycles. The first kappa shape index (κ1) is 9.92. The fourth-order valence-corrected chi connectivity index (χ4v) is 0.966. The topological polar surface area (TPSA) is 18.5 Å². The molecule has 1 atom stereocenters. The Morgan fingerprint density at radius 3 is 2.30 bits per heavy atom. The quantitative estimate of drug-likeness (QED) is 0.562. The molecule has 10 heavy (non-hydrogen) atoms. The van der Waals surface area contributed by atoms with Gasteiger partial charge in [-0.1, -0.05) is 6.92 Å². The molecule has 0 amide bonds. The smallest absolute Gasteiger partial charge is 0.0573 e. The molecule has 0 N–H and O–H groups in total. The van der Waals surface area contributed by atoms with Crippen molar-refractivity contribution >= 4 is 0 Å². The third-order valence-corrected chi connectivity index (χ3v) is 1.48. The highest BCUT2D eigenvalue weighted by Crippen LogP contribution is 2.13. The number of hydrogen-bond acceptors (Lipinski definition) is 2. The van der Waals surface area contributed by atoms with Gasteiger partial charge in [-0.25, -0.2) is 0 Å². The molecule has 1 saturated heterocycles. The average Bonchev–Trinajstić information content (AvgIpc) is 2.39. The van der Waals surface area contributed by atoms with E-state index in [2.05, 4.69) is 11.7 Å². The summed E-state index contributed by atoms with van der Waals surface area (Å²) in [5.41, 5.74) is 0. The summed E-state index contributed by atoms with van der Waals surface area (Å²) in [7, 11) is 3.25. The Hall–Kier alpha value is -0.0800. The van der Waals surface area contributed by atoms with Gasteiger partial charge in [0.25, 0.3) is 0 Å². The molecule has 0 aliphatic carbocycles. The van der Waals surface area contributed by atoms with Crippen LogP contribution >= 0.6 is 0 Å². The Labute approximate surface area is 63.5 Å². The highest BCUT2D eigenvalue weighted by Gasteiger charge is 2.11. The van der Waals surface area contributed by atoms with E-state index in [9.17, 15) is 0 Å². The maximum atomic E-state index is 5.30. The third-order valence-electron chi connectivity index (χ3n) is 1.48. The van der Waals surface area contributed by atoms with Crippen LogP contribution in [0.1, 0.15) is 26.2 Å². The first-order valence-corrected chi connectivity index (χ1v) is 3.86. The van der Waals surface area contributed by atoms with E-state index in [0.717, 1.165) is 6.61 Å². The van der Waals surface area contributed by atoms with Crippen molar-refractivity contribution < 1.29 is 9.47 Å². The molecule has 0 saturated carbocycles. The summed E-state index contributed by atoms with van der Waals surface area (Å²) < 4.78 is 9.55. The first-order valence-electron chi connectivity index (χ1n) is 3.86. The summed E-state index contributed by atoms with van der Waals surface area (Å²) >= 11 is 0. The zero-order valence-corrected chi connectivity index (χ0v) is 7.22. The lowest BCUT2D eigenvalue weighted by Gasteiger charge is -2.01. The predicted molar refractivity (Wildman–Crippen MR) is 42.2 cm³/mol. The second-order valence-electron chi connectivity index (χ2n) is 2.45. The van der Waals surface area contributed by atoms with Crippen molar-refractivity contribution in [1.82, 2.24) is 0 Å². The molecule has 0 bridgehead atoms. The normalized spacial score (nSPS) is 23.7. The van der Waals surface area contributed by atoms with Crippen molar-refractivity contribution in [2.45, 2.75) is 32.3 Å². The molecule has 1 rings (SSSR count). The van der Waals surface area contributed by atoms with E-state index < -0.39 is 0 Å². The summed E-state index contributed by atoms with van der Waals surface area (Å²) in [5.74, 6) is 0. The minimum Gasteiger partial charge on any atom is -0.388 e. The van der Waals surface area contributed by atoms with E-state index in [1.165, 1.54) is 19.3 Å². The van der Waals surface area contributed by atoms with Gasteiger partial charge in [-0.15, -0.1) is 0 Å². The lowest BCUT2D eigenvalue weighted by Crippen LogP contribution is -2.00. The van der Waals surface area contributed by atoms with E-state index in [4.69, 9.17) is 4.74 Å². The number of methoxy groups -OCH3 is 1. The van der Waals surface area contributed by atoms with Crippen molar-refractivity contribution in [3.63, 3.8) is 0 Å². The van der Waals surface area contributed by atoms with Crippen LogP contribution in [0, 0.1) is 0 Å². The van der Waals surface area contributed by atoms with Gasteiger partial charge >= 0.3 is 0 Å². The van der Waals surface area contributed by atoms with Gasteiger partial charge in [-0.3, -0.25) is 0 Å². The Morgan fingerprint density at radius 1 is 1.50 bits per heavy atom. The zero-order valence-electron chi connectivity index (χ0n) is 7.22. The van der Waals surface area contributed by atoms with Crippen molar-refractivity contribution in [3.05, 3.63) is 0 Å². The number of ether oxygens (including phenoxy) is 2. The average molecular weight is 146 g/mol. The molecule has 0 radical (unpaired) electrons. The second-order valence-corrected chi connectivity index (χ2v) is 2.45. The number of hydrogen-bond donors (Lipinski definition) is 0. The Bertz CT molecular complexity index is 58.3. The van der Waals surface area contributed by atoms with Crippen LogP contribution in [0.4, 0.5) is 0 Å². The first-order chi connectivity index (χ1) is 4.85. The van der Waals surface area contributed by atoms with Crippen LogP contribution in [0.3, 0.4) is 0 Å². The fraction of sp³-hybridized carbons (Fsp3) is 1.00. The van der Waals surface area contributed by atoms with Crippen LogP contribution < -0.4 is 0 Å². The van der Waals surface area contributed by atoms with Crippen LogP contribution in [-0.4, -0.2) is 26.9 Å². The number of rotatable bonds is 1. The molecule has 1 heterocycles. The van der Waals surface area contributed by atoms with Gasteiger partial charge in [-0.05, 0) is 19.3 Å². The van der Waals surface area contributed by atoms with Gasteiger partial charge < -0.3 is 9.47 Å². The molecule has 1 aliphatic heterocycles. The largest absolute Gasteiger partial charge is 0.388 e. The van der Waals surface area contributed by atoms with Crippen molar-refractivity contribution in [2.75, 3.05) is 20.8 Å². The maximum Gasteiger partial charge on any atom is 0.0573 e. The molecule has 1 unspecified atom stereocenters. The summed E-state index contributed by atoms with van der Waals surface area (Å²) in [6.07, 6.45) is 4.36. The predicted octanol–water partition coefficient (Wildman–Crippen LogP) is 1.84. The van der Waals surface area contributed by atoms with Crippen LogP contribution in [0.2, 0.25) is 0 Å². The Kier molecular flexibility index (Phi) is 6.98. The summed E-state index contributed by atoms with van der Waals surface area (Å²) in [6.45, 7) is 3.18. The molecule has 2 nitrogen and oxygen atoms in total. The SMILES string of the molecule is CCC1CCCO1.COC. The van der Waals surface area contributed by atoms with E-state index in [-0.39, 0.29) is 0 Å². The summed E-state index contributed by atoms with van der Waals surface area (Å²) in [6, 6.07) is 0. The highest BCUT2D eigenvalue weighted by atomic mass is 16.5. The van der Waals surface area contributed by atoms with Crippen LogP contribution in [-0.2, 0) is 9.47 Å². The lowest BCUT2D eigenvalue weighted by atomic mass is 10.2. The molecular weight excluding hydrogens is 128 g/mol. The summed E-state index contributed by atoms with van der Waals surface area (Å²) in [5, 5.41) is 0.